The zero-order chi connectivity index (χ0) is 10.8. The van der Waals surface area contributed by atoms with Crippen LogP contribution in [0.1, 0.15) is 13.3 Å². The lowest BCUT2D eigenvalue weighted by Gasteiger charge is -2.31. The highest BCUT2D eigenvalue weighted by Crippen LogP contribution is 2.12. The molecule has 0 saturated carbocycles. The predicted octanol–water partition coefficient (Wildman–Crippen LogP) is 0.224. The summed E-state index contributed by atoms with van der Waals surface area (Å²) in [5.74, 6) is 0.789. The van der Waals surface area contributed by atoms with Crippen molar-refractivity contribution >= 4 is 11.7 Å². The Morgan fingerprint density at radius 1 is 1.53 bits per heavy atom. The molecule has 2 aliphatic rings. The summed E-state index contributed by atoms with van der Waals surface area (Å²) >= 11 is 0. The van der Waals surface area contributed by atoms with Crippen LogP contribution in [-0.4, -0.2) is 34.7 Å². The molecule has 0 aromatic carbocycles. The molecule has 0 radical (unpaired) electrons. The van der Waals surface area contributed by atoms with Crippen LogP contribution in [0, 0.1) is 0 Å². The van der Waals surface area contributed by atoms with Gasteiger partial charge in [0.15, 0.2) is 5.84 Å². The van der Waals surface area contributed by atoms with Gasteiger partial charge >= 0.3 is 0 Å². The van der Waals surface area contributed by atoms with Crippen molar-refractivity contribution < 1.29 is 4.79 Å². The van der Waals surface area contributed by atoms with E-state index < -0.39 is 0 Å². The summed E-state index contributed by atoms with van der Waals surface area (Å²) < 4.78 is 0. The highest BCUT2D eigenvalue weighted by atomic mass is 16.2. The van der Waals surface area contributed by atoms with E-state index in [-0.39, 0.29) is 5.91 Å². The fourth-order valence-electron chi connectivity index (χ4n) is 1.57. The molecule has 1 amide bonds. The highest BCUT2D eigenvalue weighted by molar-refractivity contribution is 6.00. The van der Waals surface area contributed by atoms with Crippen LogP contribution in [0.5, 0.6) is 0 Å². The first-order valence-electron chi connectivity index (χ1n) is 5.01. The van der Waals surface area contributed by atoms with Crippen LogP contribution in [0.4, 0.5) is 0 Å². The smallest absolute Gasteiger partial charge is 0.262 e. The minimum Gasteiger partial charge on any atom is -0.398 e. The van der Waals surface area contributed by atoms with Crippen molar-refractivity contribution in [3.05, 3.63) is 24.0 Å². The standard InChI is InChI=1S/C10H14N4O/c1-2-5-14-10(15)7-13-6-8(11)3-4-9(13)12-14/h3-4,6H,2,5,7,11H2,1H3. The predicted molar refractivity (Wildman–Crippen MR) is 57.6 cm³/mol. The van der Waals surface area contributed by atoms with E-state index in [0.717, 1.165) is 12.3 Å². The lowest BCUT2D eigenvalue weighted by atomic mass is 10.2. The lowest BCUT2D eigenvalue weighted by Crippen LogP contribution is -2.45. The zero-order valence-corrected chi connectivity index (χ0v) is 8.68. The summed E-state index contributed by atoms with van der Waals surface area (Å²) in [7, 11) is 0. The molecular formula is C10H14N4O. The fraction of sp³-hybridized carbons (Fsp3) is 0.400. The Kier molecular flexibility index (Phi) is 2.45. The van der Waals surface area contributed by atoms with Crippen LogP contribution in [0.2, 0.25) is 0 Å². The average Bonchev–Trinajstić information content (AvgIpc) is 2.20. The Balaban J connectivity index is 2.23. The molecule has 2 aliphatic heterocycles. The van der Waals surface area contributed by atoms with Crippen molar-refractivity contribution in [1.29, 1.82) is 0 Å². The molecule has 0 aromatic heterocycles. The first-order chi connectivity index (χ1) is 7.20. The molecule has 2 rings (SSSR count). The Bertz CT molecular complexity index is 370. The molecule has 15 heavy (non-hydrogen) atoms. The van der Waals surface area contributed by atoms with E-state index in [9.17, 15) is 4.79 Å². The molecule has 0 fully saturated rings. The number of allylic oxidation sites excluding steroid dienone is 1. The number of carbonyl (C=O) groups excluding carboxylic acids is 1. The quantitative estimate of drug-likeness (QED) is 0.703. The number of hydrazone groups is 1. The van der Waals surface area contributed by atoms with Crippen molar-refractivity contribution in [2.24, 2.45) is 10.8 Å². The number of hydrogen-bond donors (Lipinski definition) is 1. The molecule has 2 N–H and O–H groups in total. The van der Waals surface area contributed by atoms with Crippen LogP contribution in [0.25, 0.3) is 0 Å². The van der Waals surface area contributed by atoms with E-state index in [4.69, 9.17) is 5.73 Å². The molecule has 0 aliphatic carbocycles. The van der Waals surface area contributed by atoms with E-state index in [0.29, 0.717) is 18.8 Å². The first kappa shape index (κ1) is 9.76. The lowest BCUT2D eigenvalue weighted by molar-refractivity contribution is -0.132. The summed E-state index contributed by atoms with van der Waals surface area (Å²) in [6, 6.07) is 0. The zero-order valence-electron chi connectivity index (χ0n) is 8.68. The van der Waals surface area contributed by atoms with Gasteiger partial charge in [0.1, 0.15) is 6.54 Å². The Morgan fingerprint density at radius 3 is 3.07 bits per heavy atom. The van der Waals surface area contributed by atoms with Gasteiger partial charge in [0.2, 0.25) is 0 Å². The van der Waals surface area contributed by atoms with Crippen LogP contribution in [0.15, 0.2) is 29.2 Å². The van der Waals surface area contributed by atoms with Crippen LogP contribution in [0.3, 0.4) is 0 Å². The molecule has 5 heteroatoms. The van der Waals surface area contributed by atoms with Gasteiger partial charge in [-0.1, -0.05) is 6.92 Å². The van der Waals surface area contributed by atoms with Crippen LogP contribution in [-0.2, 0) is 4.79 Å². The van der Waals surface area contributed by atoms with Gasteiger partial charge in [-0.2, -0.15) is 5.10 Å². The maximum atomic E-state index is 11.6. The minimum atomic E-state index is 0.0138. The molecule has 80 valence electrons. The number of carbonyl (C=O) groups is 1. The maximum absolute atomic E-state index is 11.6. The Hall–Kier alpha value is -1.78. The van der Waals surface area contributed by atoms with Crippen molar-refractivity contribution in [3.63, 3.8) is 0 Å². The van der Waals surface area contributed by atoms with Gasteiger partial charge in [-0.25, -0.2) is 5.01 Å². The summed E-state index contributed by atoms with van der Waals surface area (Å²) in [5.41, 5.74) is 6.28. The number of nitrogens with zero attached hydrogens (tertiary/aromatic N) is 3. The van der Waals surface area contributed by atoms with E-state index in [1.807, 2.05) is 13.0 Å². The summed E-state index contributed by atoms with van der Waals surface area (Å²) in [5, 5.41) is 5.77. The number of nitrogens with two attached hydrogens (primary N) is 1. The second-order valence-electron chi connectivity index (χ2n) is 3.57. The molecule has 0 atom stereocenters. The fourth-order valence-corrected chi connectivity index (χ4v) is 1.57. The van der Waals surface area contributed by atoms with Gasteiger partial charge in [0.05, 0.1) is 0 Å². The van der Waals surface area contributed by atoms with Gasteiger partial charge in [0, 0.05) is 18.4 Å². The second kappa shape index (κ2) is 3.76. The van der Waals surface area contributed by atoms with Crippen LogP contribution < -0.4 is 5.73 Å². The summed E-state index contributed by atoms with van der Waals surface area (Å²) in [4.78, 5) is 13.4. The van der Waals surface area contributed by atoms with Gasteiger partial charge in [0.25, 0.3) is 5.91 Å². The number of rotatable bonds is 2. The maximum Gasteiger partial charge on any atom is 0.262 e. The van der Waals surface area contributed by atoms with Crippen molar-refractivity contribution in [3.8, 4) is 0 Å². The molecule has 0 unspecified atom stereocenters. The molecule has 0 aromatic rings. The van der Waals surface area contributed by atoms with Crippen LogP contribution >= 0.6 is 0 Å². The highest BCUT2D eigenvalue weighted by Gasteiger charge is 2.24. The molecule has 5 nitrogen and oxygen atoms in total. The van der Waals surface area contributed by atoms with Crippen molar-refractivity contribution in [2.45, 2.75) is 13.3 Å². The third-order valence-corrected chi connectivity index (χ3v) is 2.28. The van der Waals surface area contributed by atoms with Crippen molar-refractivity contribution in [2.75, 3.05) is 13.1 Å². The topological polar surface area (TPSA) is 61.9 Å². The Labute approximate surface area is 88.5 Å². The van der Waals surface area contributed by atoms with E-state index in [1.165, 1.54) is 5.01 Å². The summed E-state index contributed by atoms with van der Waals surface area (Å²) in [6.07, 6.45) is 6.25. The molecule has 0 spiro atoms. The van der Waals surface area contributed by atoms with E-state index in [2.05, 4.69) is 5.10 Å². The SMILES string of the molecule is CCCN1N=C2C=CC(N)=CN2CC1=O. The normalized spacial score (nSPS) is 19.9. The third-order valence-electron chi connectivity index (χ3n) is 2.28. The van der Waals surface area contributed by atoms with E-state index >= 15 is 0 Å². The summed E-state index contributed by atoms with van der Waals surface area (Å²) in [6.45, 7) is 3.02. The molecule has 2 heterocycles. The second-order valence-corrected chi connectivity index (χ2v) is 3.57. The molecule has 0 bridgehead atoms. The number of amidine groups is 1. The van der Waals surface area contributed by atoms with Gasteiger partial charge in [-0.15, -0.1) is 0 Å². The van der Waals surface area contributed by atoms with E-state index in [1.54, 1.807) is 17.2 Å². The number of fused-ring (bicyclic) bond motifs is 1. The largest absolute Gasteiger partial charge is 0.398 e. The van der Waals surface area contributed by atoms with Gasteiger partial charge < -0.3 is 10.6 Å². The first-order valence-corrected chi connectivity index (χ1v) is 5.01. The third kappa shape index (κ3) is 1.86. The molecule has 0 saturated heterocycles. The average molecular weight is 206 g/mol. The monoisotopic (exact) mass is 206 g/mol. The molecular weight excluding hydrogens is 192 g/mol. The van der Waals surface area contributed by atoms with Gasteiger partial charge in [-0.3, -0.25) is 4.79 Å². The minimum absolute atomic E-state index is 0.0138. The van der Waals surface area contributed by atoms with Crippen molar-refractivity contribution in [1.82, 2.24) is 9.91 Å². The number of hydrogen-bond acceptors (Lipinski definition) is 4. The number of amides is 1. The Morgan fingerprint density at radius 2 is 2.33 bits per heavy atom. The van der Waals surface area contributed by atoms with Gasteiger partial charge in [-0.05, 0) is 18.6 Å².